The van der Waals surface area contributed by atoms with Gasteiger partial charge in [0.2, 0.25) is 0 Å². The fraction of sp³-hybridized carbons (Fsp3) is 0.333. The zero-order valence-electron chi connectivity index (χ0n) is 24.8. The van der Waals surface area contributed by atoms with Crippen LogP contribution in [0.3, 0.4) is 0 Å². The zero-order chi connectivity index (χ0) is 32.1. The molecular weight excluding hydrogens is 680 g/mol. The normalized spacial score (nSPS) is 14.5. The summed E-state index contributed by atoms with van der Waals surface area (Å²) < 4.78 is 34.6. The quantitative estimate of drug-likeness (QED) is 0.270. The Hall–Kier alpha value is -3.81. The molecule has 4 rings (SSSR count). The van der Waals surface area contributed by atoms with Crippen LogP contribution in [0.25, 0.3) is 6.08 Å². The second-order valence-electron chi connectivity index (χ2n) is 9.16. The van der Waals surface area contributed by atoms with Gasteiger partial charge in [0.1, 0.15) is 0 Å². The van der Waals surface area contributed by atoms with Crippen molar-refractivity contribution in [2.24, 2.45) is 4.99 Å². The Balaban J connectivity index is 1.89. The van der Waals surface area contributed by atoms with Crippen LogP contribution in [0.2, 0.25) is 5.02 Å². The molecule has 0 bridgehead atoms. The number of hydrogen-bond acceptors (Lipinski definition) is 11. The summed E-state index contributed by atoms with van der Waals surface area (Å²) in [5.74, 6) is 0.156. The van der Waals surface area contributed by atoms with E-state index in [4.69, 9.17) is 40.0 Å². The molecule has 1 aromatic heterocycles. The van der Waals surface area contributed by atoms with E-state index in [2.05, 4.69) is 20.9 Å². The number of aromatic nitrogens is 1. The van der Waals surface area contributed by atoms with E-state index in [1.54, 1.807) is 51.1 Å². The average Bonchev–Trinajstić information content (AvgIpc) is 3.29. The van der Waals surface area contributed by atoms with Gasteiger partial charge in [0.15, 0.2) is 34.4 Å². The van der Waals surface area contributed by atoms with Gasteiger partial charge in [-0.15, -0.1) is 0 Å². The number of esters is 2. The van der Waals surface area contributed by atoms with E-state index in [-0.39, 0.29) is 41.9 Å². The number of thiazole rings is 1. The van der Waals surface area contributed by atoms with Crippen molar-refractivity contribution in [3.8, 4) is 23.0 Å². The molecule has 2 aromatic carbocycles. The lowest BCUT2D eigenvalue weighted by molar-refractivity contribution is -0.145. The van der Waals surface area contributed by atoms with Crippen LogP contribution < -0.4 is 33.8 Å². The number of ether oxygens (including phenoxy) is 6. The topological polar surface area (TPSA) is 124 Å². The first-order chi connectivity index (χ1) is 21.1. The molecule has 0 N–H and O–H groups in total. The van der Waals surface area contributed by atoms with Crippen molar-refractivity contribution in [3.05, 3.63) is 75.8 Å². The Labute approximate surface area is 270 Å². The molecule has 0 spiro atoms. The lowest BCUT2D eigenvalue weighted by Gasteiger charge is -2.26. The van der Waals surface area contributed by atoms with E-state index in [0.717, 1.165) is 11.3 Å². The monoisotopic (exact) mass is 708 g/mol. The van der Waals surface area contributed by atoms with Crippen LogP contribution in [0.5, 0.6) is 23.0 Å². The molecule has 0 amide bonds. The van der Waals surface area contributed by atoms with E-state index >= 15 is 0 Å². The summed E-state index contributed by atoms with van der Waals surface area (Å²) >= 11 is 11.2. The third-order valence-electron chi connectivity index (χ3n) is 6.50. The summed E-state index contributed by atoms with van der Waals surface area (Å²) in [6.07, 6.45) is 1.64. The molecule has 44 heavy (non-hydrogen) atoms. The number of fused-ring (bicyclic) bond motifs is 1. The number of rotatable bonds is 11. The minimum Gasteiger partial charge on any atom is -0.493 e. The van der Waals surface area contributed by atoms with Crippen LogP contribution in [-0.4, -0.2) is 57.7 Å². The van der Waals surface area contributed by atoms with Crippen LogP contribution in [0.4, 0.5) is 0 Å². The van der Waals surface area contributed by atoms with Gasteiger partial charge in [-0.25, -0.2) is 14.6 Å². The van der Waals surface area contributed by atoms with Gasteiger partial charge in [-0.05, 0) is 62.2 Å². The zero-order valence-corrected chi connectivity index (χ0v) is 28.0. The largest absolute Gasteiger partial charge is 0.493 e. The van der Waals surface area contributed by atoms with Gasteiger partial charge in [0.25, 0.3) is 5.56 Å². The van der Waals surface area contributed by atoms with Crippen molar-refractivity contribution in [2.45, 2.75) is 26.8 Å². The highest BCUT2D eigenvalue weighted by molar-refractivity contribution is 9.10. The average molecular weight is 710 g/mol. The maximum absolute atomic E-state index is 14.1. The molecule has 0 fully saturated rings. The standard InChI is InChI=1S/C30H30BrClN2O9S/c1-7-41-24(35)14-43-27-19(32)9-16(10-22(27)40-6)11-23-28(36)34-26(17-12-20(38-4)21(39-5)13-18(17)31)25(29(37)42-8-2)15(3)33-30(34)44-23/h9-13,26H,7-8,14H2,1-6H3/b23-11-/t26-/m0/s1. The fourth-order valence-electron chi connectivity index (χ4n) is 4.61. The molecule has 2 heterocycles. The smallest absolute Gasteiger partial charge is 0.344 e. The van der Waals surface area contributed by atoms with Crippen molar-refractivity contribution in [2.75, 3.05) is 41.2 Å². The van der Waals surface area contributed by atoms with Gasteiger partial charge < -0.3 is 28.4 Å². The van der Waals surface area contributed by atoms with Crippen LogP contribution >= 0.6 is 38.9 Å². The molecule has 234 valence electrons. The first-order valence-electron chi connectivity index (χ1n) is 13.3. The highest BCUT2D eigenvalue weighted by Crippen LogP contribution is 2.41. The first-order valence-corrected chi connectivity index (χ1v) is 15.3. The molecule has 0 unspecified atom stereocenters. The summed E-state index contributed by atoms with van der Waals surface area (Å²) in [4.78, 5) is 44.1. The number of carbonyl (C=O) groups excluding carboxylic acids is 2. The molecule has 11 nitrogen and oxygen atoms in total. The first kappa shape index (κ1) is 33.1. The number of benzene rings is 2. The third kappa shape index (κ3) is 6.64. The lowest BCUT2D eigenvalue weighted by atomic mass is 9.95. The highest BCUT2D eigenvalue weighted by Gasteiger charge is 2.35. The predicted octanol–water partition coefficient (Wildman–Crippen LogP) is 4.18. The molecule has 0 aliphatic carbocycles. The third-order valence-corrected chi connectivity index (χ3v) is 8.45. The Bertz CT molecular complexity index is 1820. The van der Waals surface area contributed by atoms with Gasteiger partial charge in [0.05, 0.1) is 61.4 Å². The molecule has 1 aliphatic rings. The number of hydrogen-bond donors (Lipinski definition) is 0. The number of nitrogens with zero attached hydrogens (tertiary/aromatic N) is 2. The van der Waals surface area contributed by atoms with E-state index in [0.29, 0.717) is 42.1 Å². The van der Waals surface area contributed by atoms with E-state index < -0.39 is 23.5 Å². The molecule has 1 aliphatic heterocycles. The molecule has 1 atom stereocenters. The minimum atomic E-state index is -0.890. The number of allylic oxidation sites excluding steroid dienone is 1. The number of halogens is 2. The van der Waals surface area contributed by atoms with Gasteiger partial charge in [-0.1, -0.05) is 38.9 Å². The molecule has 0 saturated heterocycles. The van der Waals surface area contributed by atoms with Crippen molar-refractivity contribution < 1.29 is 38.0 Å². The maximum atomic E-state index is 14.1. The van der Waals surface area contributed by atoms with Crippen LogP contribution in [0.15, 0.2) is 49.8 Å². The Morgan fingerprint density at radius 2 is 1.68 bits per heavy atom. The van der Waals surface area contributed by atoms with Gasteiger partial charge in [0, 0.05) is 4.47 Å². The minimum absolute atomic E-state index is 0.141. The molecule has 0 saturated carbocycles. The Morgan fingerprint density at radius 3 is 2.32 bits per heavy atom. The summed E-state index contributed by atoms with van der Waals surface area (Å²) in [5, 5.41) is 0.167. The van der Waals surface area contributed by atoms with Gasteiger partial charge >= 0.3 is 11.9 Å². The van der Waals surface area contributed by atoms with Gasteiger partial charge in [-0.2, -0.15) is 0 Å². The molecule has 0 radical (unpaired) electrons. The van der Waals surface area contributed by atoms with Crippen LogP contribution in [0, 0.1) is 0 Å². The van der Waals surface area contributed by atoms with Crippen LogP contribution in [-0.2, 0) is 19.1 Å². The highest BCUT2D eigenvalue weighted by atomic mass is 79.9. The number of methoxy groups -OCH3 is 3. The SMILES string of the molecule is CCOC(=O)COc1c(Cl)cc(/C=c2\sc3n(c2=O)[C@@H](c2cc(OC)c(OC)cc2Br)C(C(=O)OCC)=C(C)N=3)cc1OC. The van der Waals surface area contributed by atoms with Gasteiger partial charge in [-0.3, -0.25) is 9.36 Å². The molecular formula is C30H30BrClN2O9S. The summed E-state index contributed by atoms with van der Waals surface area (Å²) in [7, 11) is 4.45. The Morgan fingerprint density at radius 1 is 1.02 bits per heavy atom. The van der Waals surface area contributed by atoms with Crippen molar-refractivity contribution in [1.82, 2.24) is 4.57 Å². The summed E-state index contributed by atoms with van der Waals surface area (Å²) in [5.41, 5.74) is 1.33. The summed E-state index contributed by atoms with van der Waals surface area (Å²) in [6, 6.07) is 5.74. The Kier molecular flexibility index (Phi) is 10.8. The van der Waals surface area contributed by atoms with Crippen molar-refractivity contribution in [3.63, 3.8) is 0 Å². The number of carbonyl (C=O) groups is 2. The van der Waals surface area contributed by atoms with E-state index in [9.17, 15) is 14.4 Å². The van der Waals surface area contributed by atoms with Crippen molar-refractivity contribution in [1.29, 1.82) is 0 Å². The second kappa shape index (κ2) is 14.3. The molecule has 3 aromatic rings. The predicted molar refractivity (Wildman–Crippen MR) is 168 cm³/mol. The van der Waals surface area contributed by atoms with E-state index in [1.807, 2.05) is 0 Å². The second-order valence-corrected chi connectivity index (χ2v) is 11.4. The van der Waals surface area contributed by atoms with E-state index in [1.165, 1.54) is 25.9 Å². The maximum Gasteiger partial charge on any atom is 0.344 e. The lowest BCUT2D eigenvalue weighted by Crippen LogP contribution is -2.40. The molecule has 14 heteroatoms. The fourth-order valence-corrected chi connectivity index (χ4v) is 6.47. The van der Waals surface area contributed by atoms with Crippen LogP contribution in [0.1, 0.15) is 37.9 Å². The summed E-state index contributed by atoms with van der Waals surface area (Å²) in [6.45, 7) is 5.10. The van der Waals surface area contributed by atoms with Crippen molar-refractivity contribution >= 4 is 56.9 Å².